The second-order valence-corrected chi connectivity index (χ2v) is 7.15. The summed E-state index contributed by atoms with van der Waals surface area (Å²) in [6.07, 6.45) is 3.07. The Balaban J connectivity index is 1.72. The van der Waals surface area contributed by atoms with Gasteiger partial charge in [-0.15, -0.1) is 0 Å². The van der Waals surface area contributed by atoms with Crippen molar-refractivity contribution in [1.82, 2.24) is 9.55 Å². The van der Waals surface area contributed by atoms with Crippen LogP contribution in [0.15, 0.2) is 17.1 Å². The predicted molar refractivity (Wildman–Crippen MR) is 94.8 cm³/mol. The molecule has 1 aromatic rings. The summed E-state index contributed by atoms with van der Waals surface area (Å²) in [5.41, 5.74) is -0.626. The fraction of sp³-hybridized carbons (Fsp3) is 0.667. The monoisotopic (exact) mass is 379 g/mol. The normalized spacial score (nSPS) is 30.7. The van der Waals surface area contributed by atoms with Gasteiger partial charge in [-0.25, -0.2) is 4.79 Å². The number of aliphatic hydroxyl groups excluding tert-OH is 1. The third-order valence-electron chi connectivity index (χ3n) is 5.24. The molecule has 5 unspecified atom stereocenters. The van der Waals surface area contributed by atoms with E-state index in [0.717, 1.165) is 12.8 Å². The Kier molecular flexibility index (Phi) is 5.91. The number of aromatic nitrogens is 2. The van der Waals surface area contributed by atoms with E-state index < -0.39 is 29.9 Å². The van der Waals surface area contributed by atoms with Gasteiger partial charge in [0.1, 0.15) is 11.9 Å². The summed E-state index contributed by atoms with van der Waals surface area (Å²) >= 11 is 0. The van der Waals surface area contributed by atoms with E-state index in [9.17, 15) is 19.5 Å². The van der Waals surface area contributed by atoms with Crippen molar-refractivity contribution >= 4 is 17.7 Å². The number of hydrogen-bond donors (Lipinski definition) is 2. The van der Waals surface area contributed by atoms with Gasteiger partial charge in [-0.05, 0) is 25.8 Å². The fourth-order valence-electron chi connectivity index (χ4n) is 3.86. The summed E-state index contributed by atoms with van der Waals surface area (Å²) in [4.78, 5) is 40.7. The standard InChI is InChI=1S/C18H25N3O6/c1-10-9-13(22)16(27-10)21-8-7-14(20-18(21)25)19-15(23)11-5-3-4-6-12(11)17(24)26-2/h7-8,10-13,16,22H,3-6,9H2,1-2H3,(H,19,20,23,25). The SMILES string of the molecule is COC(=O)C1CCCCC1C(=O)Nc1ccn(C2OC(C)CC2O)c(=O)n1. The Bertz CT molecular complexity index is 764. The van der Waals surface area contributed by atoms with Crippen LogP contribution >= 0.6 is 0 Å². The molecule has 3 rings (SSSR count). The van der Waals surface area contributed by atoms with Gasteiger partial charge in [-0.1, -0.05) is 12.8 Å². The minimum absolute atomic E-state index is 0.107. The van der Waals surface area contributed by atoms with Gasteiger partial charge in [0.25, 0.3) is 0 Å². The van der Waals surface area contributed by atoms with Gasteiger partial charge in [0.15, 0.2) is 6.23 Å². The molecule has 9 heteroatoms. The quantitative estimate of drug-likeness (QED) is 0.744. The average Bonchev–Trinajstić information content (AvgIpc) is 2.99. The van der Waals surface area contributed by atoms with Crippen LogP contribution < -0.4 is 11.0 Å². The van der Waals surface area contributed by atoms with Crippen LogP contribution in [0.4, 0.5) is 5.82 Å². The zero-order valence-corrected chi connectivity index (χ0v) is 15.5. The van der Waals surface area contributed by atoms with Crippen LogP contribution in [0.3, 0.4) is 0 Å². The molecule has 9 nitrogen and oxygen atoms in total. The molecule has 0 spiro atoms. The molecule has 1 saturated heterocycles. The molecule has 0 aromatic carbocycles. The first-order valence-electron chi connectivity index (χ1n) is 9.22. The van der Waals surface area contributed by atoms with Gasteiger partial charge in [-0.2, -0.15) is 4.98 Å². The Morgan fingerprint density at radius 1 is 1.33 bits per heavy atom. The van der Waals surface area contributed by atoms with E-state index in [-0.39, 0.29) is 23.8 Å². The maximum Gasteiger partial charge on any atom is 0.351 e. The summed E-state index contributed by atoms with van der Waals surface area (Å²) in [5, 5.41) is 12.6. The molecule has 2 aliphatic rings. The molecule has 148 valence electrons. The van der Waals surface area contributed by atoms with Crippen LogP contribution in [0.5, 0.6) is 0 Å². The van der Waals surface area contributed by atoms with Crippen molar-refractivity contribution in [3.8, 4) is 0 Å². The Morgan fingerprint density at radius 2 is 2.04 bits per heavy atom. The highest BCUT2D eigenvalue weighted by atomic mass is 16.5. The number of carbonyl (C=O) groups is 2. The maximum absolute atomic E-state index is 12.6. The Morgan fingerprint density at radius 3 is 2.63 bits per heavy atom. The Hall–Kier alpha value is -2.26. The van der Waals surface area contributed by atoms with Crippen molar-refractivity contribution in [2.75, 3.05) is 12.4 Å². The lowest BCUT2D eigenvalue weighted by molar-refractivity contribution is -0.151. The molecule has 27 heavy (non-hydrogen) atoms. The number of nitrogens with one attached hydrogen (secondary N) is 1. The number of ether oxygens (including phenoxy) is 2. The Labute approximate surface area is 156 Å². The van der Waals surface area contributed by atoms with Gasteiger partial charge in [0, 0.05) is 12.6 Å². The number of aliphatic hydroxyl groups is 1. The van der Waals surface area contributed by atoms with Gasteiger partial charge in [0.05, 0.1) is 25.0 Å². The van der Waals surface area contributed by atoms with E-state index >= 15 is 0 Å². The van der Waals surface area contributed by atoms with Crippen molar-refractivity contribution in [3.05, 3.63) is 22.7 Å². The second kappa shape index (κ2) is 8.18. The molecule has 2 N–H and O–H groups in total. The summed E-state index contributed by atoms with van der Waals surface area (Å²) in [6.45, 7) is 1.82. The number of nitrogens with zero attached hydrogens (tertiary/aromatic N) is 2. The predicted octanol–water partition coefficient (Wildman–Crippen LogP) is 0.829. The number of anilines is 1. The van der Waals surface area contributed by atoms with Crippen LogP contribution in [0.25, 0.3) is 0 Å². The number of esters is 1. The molecule has 1 aliphatic heterocycles. The lowest BCUT2D eigenvalue weighted by atomic mass is 9.78. The third-order valence-corrected chi connectivity index (χ3v) is 5.24. The molecule has 2 fully saturated rings. The minimum atomic E-state index is -0.789. The molecule has 0 radical (unpaired) electrons. The largest absolute Gasteiger partial charge is 0.469 e. The van der Waals surface area contributed by atoms with Crippen molar-refractivity contribution in [2.24, 2.45) is 11.8 Å². The van der Waals surface area contributed by atoms with Gasteiger partial charge < -0.3 is 19.9 Å². The van der Waals surface area contributed by atoms with E-state index in [1.54, 1.807) is 0 Å². The van der Waals surface area contributed by atoms with E-state index in [4.69, 9.17) is 9.47 Å². The fourth-order valence-corrected chi connectivity index (χ4v) is 3.86. The summed E-state index contributed by atoms with van der Waals surface area (Å²) in [7, 11) is 1.31. The first-order valence-corrected chi connectivity index (χ1v) is 9.22. The second-order valence-electron chi connectivity index (χ2n) is 7.15. The highest BCUT2D eigenvalue weighted by Gasteiger charge is 2.37. The molecule has 1 aliphatic carbocycles. The van der Waals surface area contributed by atoms with Crippen LogP contribution in [0.2, 0.25) is 0 Å². The van der Waals surface area contributed by atoms with Gasteiger partial charge in [0.2, 0.25) is 5.91 Å². The van der Waals surface area contributed by atoms with Crippen molar-refractivity contribution < 1.29 is 24.2 Å². The molecular formula is C18H25N3O6. The first-order chi connectivity index (χ1) is 12.9. The van der Waals surface area contributed by atoms with E-state index in [1.165, 1.54) is 23.9 Å². The third kappa shape index (κ3) is 4.19. The number of rotatable bonds is 4. The minimum Gasteiger partial charge on any atom is -0.469 e. The number of carbonyl (C=O) groups excluding carboxylic acids is 2. The van der Waals surface area contributed by atoms with E-state index in [1.807, 2.05) is 6.92 Å². The smallest absolute Gasteiger partial charge is 0.351 e. The highest BCUT2D eigenvalue weighted by Crippen LogP contribution is 2.32. The van der Waals surface area contributed by atoms with Crippen molar-refractivity contribution in [1.29, 1.82) is 0 Å². The first kappa shape index (κ1) is 19.5. The molecule has 1 amide bonds. The highest BCUT2D eigenvalue weighted by molar-refractivity contribution is 5.94. The zero-order valence-electron chi connectivity index (χ0n) is 15.5. The lowest BCUT2D eigenvalue weighted by Crippen LogP contribution is -2.37. The van der Waals surface area contributed by atoms with Gasteiger partial charge >= 0.3 is 11.7 Å². The summed E-state index contributed by atoms with van der Waals surface area (Å²) < 4.78 is 11.6. The summed E-state index contributed by atoms with van der Waals surface area (Å²) in [5.74, 6) is -1.61. The van der Waals surface area contributed by atoms with Crippen molar-refractivity contribution in [3.63, 3.8) is 0 Å². The molecule has 1 saturated carbocycles. The number of methoxy groups -OCH3 is 1. The van der Waals surface area contributed by atoms with Crippen molar-refractivity contribution in [2.45, 2.75) is 57.5 Å². The van der Waals surface area contributed by atoms with Gasteiger partial charge in [-0.3, -0.25) is 14.2 Å². The number of hydrogen-bond acceptors (Lipinski definition) is 7. The molecule has 1 aromatic heterocycles. The van der Waals surface area contributed by atoms with E-state index in [0.29, 0.717) is 19.3 Å². The number of amides is 1. The zero-order chi connectivity index (χ0) is 19.6. The lowest BCUT2D eigenvalue weighted by Gasteiger charge is -2.28. The van der Waals surface area contributed by atoms with Crippen LogP contribution in [0.1, 0.15) is 45.3 Å². The maximum atomic E-state index is 12.6. The average molecular weight is 379 g/mol. The molecule has 2 heterocycles. The molecule has 5 atom stereocenters. The molecular weight excluding hydrogens is 354 g/mol. The van der Waals surface area contributed by atoms with Crippen LogP contribution in [0, 0.1) is 11.8 Å². The summed E-state index contributed by atoms with van der Waals surface area (Å²) in [6, 6.07) is 1.48. The van der Waals surface area contributed by atoms with E-state index in [2.05, 4.69) is 10.3 Å². The molecule has 0 bridgehead atoms. The van der Waals surface area contributed by atoms with Crippen LogP contribution in [-0.4, -0.2) is 45.9 Å². The van der Waals surface area contributed by atoms with Crippen LogP contribution in [-0.2, 0) is 19.1 Å². The topological polar surface area (TPSA) is 120 Å².